The number of carbonyl (C=O) groups is 9. The molecule has 18 nitrogen and oxygen atoms in total. The van der Waals surface area contributed by atoms with Crippen LogP contribution >= 0.6 is 0 Å². The second-order valence-corrected chi connectivity index (χ2v) is 22.6. The lowest BCUT2D eigenvalue weighted by Crippen LogP contribution is -2.43. The van der Waals surface area contributed by atoms with Crippen LogP contribution in [0.3, 0.4) is 0 Å². The molecule has 18 heteroatoms. The summed E-state index contributed by atoms with van der Waals surface area (Å²) in [6.45, 7) is 0.407. The molecule has 4 aromatic carbocycles. The zero-order valence-corrected chi connectivity index (χ0v) is 45.8. The van der Waals surface area contributed by atoms with Crippen molar-refractivity contribution in [3.63, 3.8) is 0 Å². The van der Waals surface area contributed by atoms with Gasteiger partial charge in [0, 0.05) is 79.7 Å². The van der Waals surface area contributed by atoms with Crippen LogP contribution < -0.4 is 26.6 Å². The minimum atomic E-state index is -1.66. The molecule has 0 spiro atoms. The van der Waals surface area contributed by atoms with Crippen molar-refractivity contribution in [2.75, 3.05) is 45.9 Å². The maximum Gasteiger partial charge on any atom is 0.394 e. The second-order valence-electron chi connectivity index (χ2n) is 22.6. The molecule has 81 heavy (non-hydrogen) atoms. The number of aliphatic carboxylic acids is 1. The van der Waals surface area contributed by atoms with Crippen molar-refractivity contribution in [3.8, 4) is 0 Å². The van der Waals surface area contributed by atoms with Crippen LogP contribution in [0, 0.1) is 23.7 Å². The van der Waals surface area contributed by atoms with E-state index in [1.165, 1.54) is 0 Å². The first kappa shape index (κ1) is 57.8. The van der Waals surface area contributed by atoms with E-state index in [0.717, 1.165) is 93.7 Å². The van der Waals surface area contributed by atoms with Crippen molar-refractivity contribution in [3.05, 3.63) is 143 Å². The molecule has 2 saturated heterocycles. The van der Waals surface area contributed by atoms with Gasteiger partial charge in [-0.05, 0) is 73.1 Å². The second kappa shape index (κ2) is 27.5. The van der Waals surface area contributed by atoms with Crippen LogP contribution in [0.5, 0.6) is 0 Å². The number of carboxylic acid groups (broad SMARTS) is 1. The number of likely N-dealkylation sites (tertiary alicyclic amines) is 2. The number of esters is 1. The molecule has 4 unspecified atom stereocenters. The molecule has 5 fully saturated rings. The fourth-order valence-electron chi connectivity index (χ4n) is 11.7. The molecular formula is C63H75N7O11. The largest absolute Gasteiger partial charge is 0.474 e. The van der Waals surface area contributed by atoms with Crippen molar-refractivity contribution in [1.29, 1.82) is 0 Å². The zero-order valence-electron chi connectivity index (χ0n) is 45.8. The van der Waals surface area contributed by atoms with E-state index in [0.29, 0.717) is 24.1 Å². The van der Waals surface area contributed by atoms with Crippen molar-refractivity contribution in [2.24, 2.45) is 23.7 Å². The SMILES string of the molecule is O=C(CNC(=O)C(=O)O)OCCCCCCCCCCCCNC(=O)C1CN(C(=O)c2ccc(C(=O)N3CC(C(=O)N[C@@H]4C[C@@H]4c4ccccc4)C(C(=O)N[C@@H]4C[C@@H]4c4ccccc4)C3)cc2)CC1C(=O)N[C@@H]1C[C@@H]1c1ccccc1. The lowest BCUT2D eigenvalue weighted by Gasteiger charge is -2.18. The van der Waals surface area contributed by atoms with Crippen LogP contribution in [0.15, 0.2) is 115 Å². The van der Waals surface area contributed by atoms with Crippen LogP contribution in [0.2, 0.25) is 0 Å². The molecule has 10 atom stereocenters. The number of hydrogen-bond acceptors (Lipinski definition) is 10. The highest BCUT2D eigenvalue weighted by atomic mass is 16.5. The Hall–Kier alpha value is -7.89. The monoisotopic (exact) mass is 1110 g/mol. The molecule has 0 aromatic heterocycles. The Morgan fingerprint density at radius 3 is 1.15 bits per heavy atom. The molecule has 0 bridgehead atoms. The van der Waals surface area contributed by atoms with Gasteiger partial charge in [-0.25, -0.2) is 4.79 Å². The Kier molecular flexibility index (Phi) is 19.6. The van der Waals surface area contributed by atoms with Crippen molar-refractivity contribution >= 4 is 53.3 Å². The first-order chi connectivity index (χ1) is 39.3. The first-order valence-corrected chi connectivity index (χ1v) is 29.0. The summed E-state index contributed by atoms with van der Waals surface area (Å²) in [4.78, 5) is 121. The summed E-state index contributed by atoms with van der Waals surface area (Å²) >= 11 is 0. The molecule has 7 amide bonds. The summed E-state index contributed by atoms with van der Waals surface area (Å²) in [5.41, 5.74) is 4.04. The molecule has 3 aliphatic carbocycles. The number of carbonyl (C=O) groups excluding carboxylic acids is 8. The number of carboxylic acids is 1. The van der Waals surface area contributed by atoms with E-state index in [1.54, 1.807) is 34.1 Å². The molecule has 2 aliphatic heterocycles. The molecule has 9 rings (SSSR count). The number of ether oxygens (including phenoxy) is 1. The Labute approximate surface area is 472 Å². The van der Waals surface area contributed by atoms with E-state index in [1.807, 2.05) is 72.0 Å². The van der Waals surface area contributed by atoms with Gasteiger partial charge >= 0.3 is 17.8 Å². The minimum absolute atomic E-state index is 0.0509. The van der Waals surface area contributed by atoms with Crippen LogP contribution in [-0.4, -0.2) is 132 Å². The number of nitrogens with one attached hydrogen (secondary N) is 5. The van der Waals surface area contributed by atoms with Crippen molar-refractivity contribution in [1.82, 2.24) is 36.4 Å². The Morgan fingerprint density at radius 1 is 0.432 bits per heavy atom. The third kappa shape index (κ3) is 15.7. The number of rotatable bonds is 27. The van der Waals surface area contributed by atoms with Gasteiger partial charge in [0.15, 0.2) is 0 Å². The van der Waals surface area contributed by atoms with Gasteiger partial charge in [0.2, 0.25) is 23.6 Å². The number of amides is 7. The maximum absolute atomic E-state index is 14.2. The third-order valence-corrected chi connectivity index (χ3v) is 16.7. The van der Waals surface area contributed by atoms with Crippen LogP contribution in [0.1, 0.15) is 139 Å². The summed E-state index contributed by atoms with van der Waals surface area (Å²) in [6.07, 6.45) is 11.9. The van der Waals surface area contributed by atoms with Gasteiger partial charge in [0.25, 0.3) is 11.8 Å². The molecule has 3 saturated carbocycles. The highest BCUT2D eigenvalue weighted by Crippen LogP contribution is 2.44. The van der Waals surface area contributed by atoms with Gasteiger partial charge in [-0.2, -0.15) is 0 Å². The maximum atomic E-state index is 14.2. The fourth-order valence-corrected chi connectivity index (χ4v) is 11.7. The van der Waals surface area contributed by atoms with E-state index in [9.17, 15) is 43.2 Å². The number of benzene rings is 4. The molecule has 2 heterocycles. The molecular weight excluding hydrogens is 1030 g/mol. The molecule has 6 N–H and O–H groups in total. The topological polar surface area (TPSA) is 250 Å². The minimum Gasteiger partial charge on any atom is -0.474 e. The summed E-state index contributed by atoms with van der Waals surface area (Å²) in [5, 5.41) is 23.1. The van der Waals surface area contributed by atoms with Gasteiger partial charge in [-0.1, -0.05) is 142 Å². The quantitative estimate of drug-likeness (QED) is 0.0235. The van der Waals surface area contributed by atoms with Crippen LogP contribution in [0.4, 0.5) is 0 Å². The van der Waals surface area contributed by atoms with Crippen molar-refractivity contribution < 1.29 is 53.0 Å². The van der Waals surface area contributed by atoms with Crippen molar-refractivity contribution in [2.45, 2.75) is 119 Å². The standard InChI is InChI=1S/C63H75N7O11/c71-55(35-65-60(76)63(79)80)81-31-19-8-6-4-2-1-3-5-7-18-30-64-56(72)48-36-69(37-49(48)57(73)66-52-32-45(52)40-20-12-9-13-21-40)61(77)43-26-28-44(29-27-43)62(78)70-38-50(58(74)67-53-33-46(53)41-22-14-10-15-23-41)51(39-70)59(75)68-54-34-47(54)42-24-16-11-17-25-42/h9-17,20-29,45-54H,1-8,18-19,30-39H2,(H,64,72)(H,65,76)(H,66,73)(H,67,74)(H,68,75)(H,79,80)/t45-,46-,47-,48?,49?,50?,51?,52-,53-,54-/m1/s1. The van der Waals surface area contributed by atoms with Gasteiger partial charge in [0.05, 0.1) is 30.3 Å². The highest BCUT2D eigenvalue weighted by molar-refractivity contribution is 6.31. The lowest BCUT2D eigenvalue weighted by atomic mass is 9.94. The van der Waals surface area contributed by atoms with E-state index >= 15 is 0 Å². The van der Waals surface area contributed by atoms with Crippen LogP contribution in [-0.2, 0) is 38.3 Å². The fraction of sp³-hybridized carbons (Fsp3) is 0.476. The average Bonchev–Trinajstić information content (AvgIpc) is 4.65. The summed E-state index contributed by atoms with van der Waals surface area (Å²) in [7, 11) is 0. The van der Waals surface area contributed by atoms with Crippen LogP contribution in [0.25, 0.3) is 0 Å². The van der Waals surface area contributed by atoms with E-state index < -0.39 is 48.1 Å². The summed E-state index contributed by atoms with van der Waals surface area (Å²) in [5.74, 6) is -7.79. The predicted molar refractivity (Wildman–Crippen MR) is 300 cm³/mol. The smallest absolute Gasteiger partial charge is 0.394 e. The third-order valence-electron chi connectivity index (χ3n) is 16.7. The number of unbranched alkanes of at least 4 members (excludes halogenated alkanes) is 9. The molecule has 0 radical (unpaired) electrons. The van der Waals surface area contributed by atoms with Gasteiger partial charge in [-0.3, -0.25) is 38.4 Å². The first-order valence-electron chi connectivity index (χ1n) is 29.0. The van der Waals surface area contributed by atoms with Gasteiger partial charge in [0.1, 0.15) is 6.54 Å². The zero-order chi connectivity index (χ0) is 56.8. The summed E-state index contributed by atoms with van der Waals surface area (Å²) < 4.78 is 5.02. The Morgan fingerprint density at radius 2 is 0.778 bits per heavy atom. The van der Waals surface area contributed by atoms with E-state index in [2.05, 4.69) is 45.5 Å². The summed E-state index contributed by atoms with van der Waals surface area (Å²) in [6, 6.07) is 36.2. The lowest BCUT2D eigenvalue weighted by molar-refractivity contribution is -0.151. The normalized spacial score (nSPS) is 24.0. The van der Waals surface area contributed by atoms with Gasteiger partial charge in [-0.15, -0.1) is 0 Å². The highest BCUT2D eigenvalue weighted by Gasteiger charge is 2.50. The molecule has 428 valence electrons. The Bertz CT molecular complexity index is 2800. The van der Waals surface area contributed by atoms with Gasteiger partial charge < -0.3 is 46.2 Å². The predicted octanol–water partition coefficient (Wildman–Crippen LogP) is 5.84. The van der Waals surface area contributed by atoms with E-state index in [4.69, 9.17) is 9.84 Å². The number of hydrogen-bond donors (Lipinski definition) is 6. The Balaban J connectivity index is 0.749. The average molecular weight is 1110 g/mol. The number of nitrogens with zero attached hydrogens (tertiary/aromatic N) is 2. The molecule has 5 aliphatic rings. The van der Waals surface area contributed by atoms with E-state index in [-0.39, 0.29) is 104 Å². The molecule has 4 aromatic rings.